The number of para-hydroxylation sites is 3. The summed E-state index contributed by atoms with van der Waals surface area (Å²) in [7, 11) is 0. The summed E-state index contributed by atoms with van der Waals surface area (Å²) in [4.78, 5) is 17.3. The van der Waals surface area contributed by atoms with Crippen LogP contribution in [0.15, 0.2) is 158 Å². The van der Waals surface area contributed by atoms with Gasteiger partial charge in [0.05, 0.1) is 11.4 Å². The molecule has 5 aromatic carbocycles. The van der Waals surface area contributed by atoms with Crippen molar-refractivity contribution in [3.05, 3.63) is 175 Å². The Kier molecular flexibility index (Phi) is 6.27. The second-order valence-corrected chi connectivity index (χ2v) is 13.4. The van der Waals surface area contributed by atoms with E-state index < -0.39 is 0 Å². The lowest BCUT2D eigenvalue weighted by atomic mass is 9.70. The van der Waals surface area contributed by atoms with Gasteiger partial charge in [-0.15, -0.1) is 0 Å². The molecule has 3 aliphatic heterocycles. The summed E-state index contributed by atoms with van der Waals surface area (Å²) in [6, 6.07) is 47.5. The van der Waals surface area contributed by atoms with Crippen LogP contribution >= 0.6 is 0 Å². The average molecular weight is 650 g/mol. The lowest BCUT2D eigenvalue weighted by molar-refractivity contribution is 0.514. The molecule has 0 saturated heterocycles. The minimum atomic E-state index is -0.365. The van der Waals surface area contributed by atoms with Crippen molar-refractivity contribution in [3.8, 4) is 0 Å². The fourth-order valence-corrected chi connectivity index (χ4v) is 8.68. The third kappa shape index (κ3) is 3.94. The molecule has 3 unspecified atom stereocenters. The smallest absolute Gasteiger partial charge is 0.178 e. The summed E-state index contributed by atoms with van der Waals surface area (Å²) in [5.41, 5.74) is 9.82. The lowest BCUT2D eigenvalue weighted by Gasteiger charge is -2.45. The van der Waals surface area contributed by atoms with Crippen LogP contribution in [0.2, 0.25) is 0 Å². The van der Waals surface area contributed by atoms with E-state index in [1.807, 2.05) is 0 Å². The van der Waals surface area contributed by atoms with Crippen LogP contribution in [0, 0.1) is 0 Å². The van der Waals surface area contributed by atoms with E-state index in [1.54, 1.807) is 12.4 Å². The Morgan fingerprint density at radius 1 is 0.660 bits per heavy atom. The standard InChI is InChI=1S/C43H35N7/c1-3-43-28-30-23-24-37(35(43)27-30)50-42(47(32-17-9-5-10-18-32)38(46-50)31-15-7-4-8-16-31)41-48(33-19-11-6-12-20-33)39-40(45-26-25-44-39)49(41)36-22-14-13-21-34(36)29(43)2/h4-27,41-42H,2-3,28H2,1H3. The van der Waals surface area contributed by atoms with Crippen molar-refractivity contribution < 1.29 is 0 Å². The summed E-state index contributed by atoms with van der Waals surface area (Å²) >= 11 is 0. The van der Waals surface area contributed by atoms with Crippen LogP contribution in [0.4, 0.5) is 34.4 Å². The number of anilines is 6. The van der Waals surface area contributed by atoms with Gasteiger partial charge in [-0.25, -0.2) is 15.0 Å². The zero-order valence-electron chi connectivity index (χ0n) is 27.8. The van der Waals surface area contributed by atoms with E-state index in [2.05, 4.69) is 160 Å². The largest absolute Gasteiger partial charge is 0.298 e. The maximum Gasteiger partial charge on any atom is 0.178 e. The first-order valence-electron chi connectivity index (χ1n) is 17.3. The van der Waals surface area contributed by atoms with Crippen molar-refractivity contribution in [2.45, 2.75) is 37.5 Å². The van der Waals surface area contributed by atoms with E-state index in [4.69, 9.17) is 21.6 Å². The Labute approximate surface area is 292 Å². The zero-order valence-corrected chi connectivity index (χ0v) is 27.8. The summed E-state index contributed by atoms with van der Waals surface area (Å²) in [6.45, 7) is 7.23. The molecule has 0 radical (unpaired) electrons. The van der Waals surface area contributed by atoms with Crippen LogP contribution in [0.25, 0.3) is 5.57 Å². The van der Waals surface area contributed by atoms with Gasteiger partial charge < -0.3 is 0 Å². The highest BCUT2D eigenvalue weighted by Gasteiger charge is 2.55. The van der Waals surface area contributed by atoms with Gasteiger partial charge in [-0.1, -0.05) is 111 Å². The molecule has 10 rings (SSSR count). The number of benzene rings is 5. The fraction of sp³-hybridized carbons (Fsp3) is 0.140. The molecule has 7 heteroatoms. The first-order valence-corrected chi connectivity index (χ1v) is 17.3. The van der Waals surface area contributed by atoms with E-state index in [-0.39, 0.29) is 17.7 Å². The summed E-state index contributed by atoms with van der Waals surface area (Å²) in [5.74, 6) is 2.48. The van der Waals surface area contributed by atoms with Crippen LogP contribution in [0.5, 0.6) is 0 Å². The van der Waals surface area contributed by atoms with Gasteiger partial charge in [0.2, 0.25) is 0 Å². The summed E-state index contributed by atoms with van der Waals surface area (Å²) < 4.78 is 0. The second-order valence-electron chi connectivity index (χ2n) is 13.4. The van der Waals surface area contributed by atoms with Gasteiger partial charge in [-0.05, 0) is 65.9 Å². The molecule has 50 heavy (non-hydrogen) atoms. The first-order chi connectivity index (χ1) is 24.7. The third-order valence-corrected chi connectivity index (χ3v) is 11.0. The van der Waals surface area contributed by atoms with E-state index >= 15 is 0 Å². The van der Waals surface area contributed by atoms with Crippen molar-refractivity contribution in [3.63, 3.8) is 0 Å². The molecule has 3 atom stereocenters. The molecule has 0 spiro atoms. The van der Waals surface area contributed by atoms with Crippen LogP contribution in [-0.2, 0) is 11.8 Å². The molecule has 0 saturated carbocycles. The number of rotatable bonds is 4. The van der Waals surface area contributed by atoms with Gasteiger partial charge in [0.1, 0.15) is 0 Å². The molecule has 1 aromatic heterocycles. The SMILES string of the molecule is C=C1c2ccccc2N2c3nccnc3N(c3ccccc3)C2C2N(N=C(c3ccccc3)N2c2ccccc2)c2ccc3cc2C1(CC)C3. The van der Waals surface area contributed by atoms with E-state index in [0.29, 0.717) is 0 Å². The number of hydrogen-bond acceptors (Lipinski definition) is 7. The zero-order chi connectivity index (χ0) is 33.4. The molecule has 6 aromatic rings. The first kappa shape index (κ1) is 28.8. The number of hydrazone groups is 1. The van der Waals surface area contributed by atoms with Crippen molar-refractivity contribution in [2.75, 3.05) is 19.7 Å². The topological polar surface area (TPSA) is 51.1 Å². The normalized spacial score (nSPS) is 21.4. The number of hydrogen-bond donors (Lipinski definition) is 0. The summed E-state index contributed by atoms with van der Waals surface area (Å²) in [6.07, 6.45) is 4.68. The third-order valence-electron chi connectivity index (χ3n) is 11.0. The molecule has 2 bridgehead atoms. The number of allylic oxidation sites excluding steroid dienone is 1. The maximum absolute atomic E-state index is 5.66. The maximum atomic E-state index is 5.66. The monoisotopic (exact) mass is 649 g/mol. The molecular formula is C43H35N7. The van der Waals surface area contributed by atoms with Gasteiger partial charge in [0, 0.05) is 40.3 Å². The van der Waals surface area contributed by atoms with Gasteiger partial charge in [-0.3, -0.25) is 14.7 Å². The molecule has 4 heterocycles. The second kappa shape index (κ2) is 10.9. The van der Waals surface area contributed by atoms with Crippen molar-refractivity contribution in [2.24, 2.45) is 5.10 Å². The van der Waals surface area contributed by atoms with E-state index in [1.165, 1.54) is 11.1 Å². The predicted octanol–water partition coefficient (Wildman–Crippen LogP) is 9.04. The number of fused-ring (bicyclic) bond motifs is 9. The molecule has 242 valence electrons. The van der Waals surface area contributed by atoms with Crippen LogP contribution in [0.3, 0.4) is 0 Å². The quantitative estimate of drug-likeness (QED) is 0.190. The lowest BCUT2D eigenvalue weighted by Crippen LogP contribution is -2.60. The molecule has 0 amide bonds. The molecule has 4 aliphatic rings. The Bertz CT molecular complexity index is 2310. The number of nitrogens with zero attached hydrogens (tertiary/aromatic N) is 7. The average Bonchev–Trinajstić information content (AvgIpc) is 3.83. The van der Waals surface area contributed by atoms with Gasteiger partial charge >= 0.3 is 0 Å². The molecule has 0 fully saturated rings. The van der Waals surface area contributed by atoms with Crippen LogP contribution in [0.1, 0.15) is 35.6 Å². The fourth-order valence-electron chi connectivity index (χ4n) is 8.68. The van der Waals surface area contributed by atoms with Gasteiger partial charge in [-0.2, -0.15) is 5.10 Å². The molecular weight excluding hydrogens is 615 g/mol. The summed E-state index contributed by atoms with van der Waals surface area (Å²) in [5, 5.41) is 7.94. The Morgan fingerprint density at radius 3 is 1.98 bits per heavy atom. The molecule has 1 aliphatic carbocycles. The minimum Gasteiger partial charge on any atom is -0.298 e. The van der Waals surface area contributed by atoms with Crippen molar-refractivity contribution >= 4 is 45.8 Å². The molecule has 7 nitrogen and oxygen atoms in total. The Balaban J connectivity index is 1.34. The van der Waals surface area contributed by atoms with Crippen molar-refractivity contribution in [1.82, 2.24) is 9.97 Å². The van der Waals surface area contributed by atoms with Gasteiger partial charge in [0.25, 0.3) is 0 Å². The number of amidine groups is 1. The van der Waals surface area contributed by atoms with Crippen molar-refractivity contribution in [1.29, 1.82) is 0 Å². The van der Waals surface area contributed by atoms with Crippen LogP contribution in [-0.4, -0.2) is 28.1 Å². The highest BCUT2D eigenvalue weighted by Crippen LogP contribution is 2.57. The van der Waals surface area contributed by atoms with E-state index in [0.717, 1.165) is 69.8 Å². The Morgan fingerprint density at radius 2 is 1.28 bits per heavy atom. The predicted molar refractivity (Wildman–Crippen MR) is 202 cm³/mol. The number of aromatic nitrogens is 2. The highest BCUT2D eigenvalue weighted by atomic mass is 15.7. The highest BCUT2D eigenvalue weighted by molar-refractivity contribution is 6.13. The van der Waals surface area contributed by atoms with Gasteiger partial charge in [0.15, 0.2) is 29.8 Å². The van der Waals surface area contributed by atoms with E-state index in [9.17, 15) is 0 Å². The minimum absolute atomic E-state index is 0.297. The Hall–Kier alpha value is -6.21. The van der Waals surface area contributed by atoms with Crippen LogP contribution < -0.4 is 19.7 Å². The molecule has 0 N–H and O–H groups in total.